The fourth-order valence-corrected chi connectivity index (χ4v) is 1.97. The fraction of sp³-hybridized carbons (Fsp3) is 0.714. The highest BCUT2D eigenvalue weighted by Gasteiger charge is 2.31. The highest BCUT2D eigenvalue weighted by atomic mass is 16.5. The Labute approximate surface area is 110 Å². The summed E-state index contributed by atoms with van der Waals surface area (Å²) in [7, 11) is 1.73. The minimum Gasteiger partial charge on any atom is -0.370 e. The summed E-state index contributed by atoms with van der Waals surface area (Å²) < 4.78 is 5.66. The quantitative estimate of drug-likeness (QED) is 0.809. The number of hydrogen-bond donors (Lipinski definition) is 1. The first-order valence-electron chi connectivity index (χ1n) is 6.69. The molecule has 0 aliphatic carbocycles. The number of aromatic nitrogens is 2. The smallest absolute Gasteiger partial charge is 0.160 e. The van der Waals surface area contributed by atoms with Crippen LogP contribution in [0.1, 0.15) is 52.1 Å². The van der Waals surface area contributed by atoms with Crippen molar-refractivity contribution in [2.24, 2.45) is 0 Å². The van der Waals surface area contributed by atoms with Crippen molar-refractivity contribution in [3.05, 3.63) is 23.8 Å². The van der Waals surface area contributed by atoms with Crippen molar-refractivity contribution in [1.82, 2.24) is 15.3 Å². The fourth-order valence-electron chi connectivity index (χ4n) is 1.97. The molecular weight excluding hydrogens is 226 g/mol. The minimum absolute atomic E-state index is 0.353. The van der Waals surface area contributed by atoms with E-state index in [0.29, 0.717) is 6.04 Å². The van der Waals surface area contributed by atoms with Crippen molar-refractivity contribution in [1.29, 1.82) is 0 Å². The van der Waals surface area contributed by atoms with E-state index < -0.39 is 0 Å². The van der Waals surface area contributed by atoms with Crippen molar-refractivity contribution in [2.75, 3.05) is 7.11 Å². The molecule has 0 amide bonds. The molecule has 0 spiro atoms. The highest BCUT2D eigenvalue weighted by Crippen LogP contribution is 2.29. The average Bonchev–Trinajstić information content (AvgIpc) is 2.40. The van der Waals surface area contributed by atoms with Gasteiger partial charge in [0.25, 0.3) is 0 Å². The summed E-state index contributed by atoms with van der Waals surface area (Å²) in [6, 6.07) is 2.40. The molecule has 1 rings (SSSR count). The van der Waals surface area contributed by atoms with Crippen molar-refractivity contribution in [2.45, 2.75) is 58.7 Å². The first-order valence-corrected chi connectivity index (χ1v) is 6.69. The van der Waals surface area contributed by atoms with Gasteiger partial charge in [-0.25, -0.2) is 9.97 Å². The van der Waals surface area contributed by atoms with E-state index in [0.717, 1.165) is 30.9 Å². The van der Waals surface area contributed by atoms with Crippen molar-refractivity contribution >= 4 is 0 Å². The molecule has 18 heavy (non-hydrogen) atoms. The van der Waals surface area contributed by atoms with Gasteiger partial charge >= 0.3 is 0 Å². The summed E-state index contributed by atoms with van der Waals surface area (Å²) in [6.07, 6.45) is 3.57. The van der Waals surface area contributed by atoms with Gasteiger partial charge in [-0.2, -0.15) is 0 Å². The average molecular weight is 251 g/mol. The molecule has 0 saturated heterocycles. The topological polar surface area (TPSA) is 47.0 Å². The molecule has 0 aromatic carbocycles. The number of hydrogen-bond acceptors (Lipinski definition) is 4. The molecule has 0 aliphatic heterocycles. The predicted octanol–water partition coefficient (Wildman–Crippen LogP) is 2.64. The Morgan fingerprint density at radius 2 is 2.00 bits per heavy atom. The summed E-state index contributed by atoms with van der Waals surface area (Å²) in [5, 5.41) is 3.36. The molecule has 1 N–H and O–H groups in total. The second-order valence-corrected chi connectivity index (χ2v) is 4.81. The second kappa shape index (κ2) is 6.81. The number of nitrogens with zero attached hydrogens (tertiary/aromatic N) is 2. The third-order valence-electron chi connectivity index (χ3n) is 3.35. The van der Waals surface area contributed by atoms with E-state index in [9.17, 15) is 0 Å². The van der Waals surface area contributed by atoms with Crippen molar-refractivity contribution in [3.8, 4) is 0 Å². The summed E-state index contributed by atoms with van der Waals surface area (Å²) >= 11 is 0. The molecule has 1 heterocycles. The van der Waals surface area contributed by atoms with Crippen LogP contribution in [0.15, 0.2) is 12.3 Å². The van der Waals surface area contributed by atoms with Crippen LogP contribution < -0.4 is 5.32 Å². The van der Waals surface area contributed by atoms with E-state index in [1.54, 1.807) is 7.11 Å². The maximum Gasteiger partial charge on any atom is 0.160 e. The summed E-state index contributed by atoms with van der Waals surface area (Å²) in [5.74, 6) is 0.790. The van der Waals surface area contributed by atoms with Crippen LogP contribution in [0.2, 0.25) is 0 Å². The highest BCUT2D eigenvalue weighted by molar-refractivity contribution is 5.08. The van der Waals surface area contributed by atoms with Crippen LogP contribution in [0.4, 0.5) is 0 Å². The summed E-state index contributed by atoms with van der Waals surface area (Å²) in [4.78, 5) is 9.02. The Balaban J connectivity index is 2.92. The van der Waals surface area contributed by atoms with Crippen LogP contribution in [-0.2, 0) is 16.9 Å². The Bertz CT molecular complexity index is 354. The molecule has 1 aromatic rings. The molecule has 0 bridgehead atoms. The normalized spacial score (nSPS) is 12.1. The van der Waals surface area contributed by atoms with Crippen LogP contribution in [0.3, 0.4) is 0 Å². The van der Waals surface area contributed by atoms with Gasteiger partial charge in [0, 0.05) is 25.9 Å². The second-order valence-electron chi connectivity index (χ2n) is 4.81. The SMILES string of the molecule is CCC(CC)(OC)c1nccc(CNC(C)C)n1. The molecule has 4 heteroatoms. The lowest BCUT2D eigenvalue weighted by atomic mass is 9.96. The van der Waals surface area contributed by atoms with Gasteiger partial charge in [0.1, 0.15) is 5.60 Å². The van der Waals surface area contributed by atoms with Crippen LogP contribution in [-0.4, -0.2) is 23.1 Å². The largest absolute Gasteiger partial charge is 0.370 e. The third-order valence-corrected chi connectivity index (χ3v) is 3.35. The van der Waals surface area contributed by atoms with Crippen molar-refractivity contribution < 1.29 is 4.74 Å². The Morgan fingerprint density at radius 1 is 1.33 bits per heavy atom. The number of nitrogens with one attached hydrogen (secondary N) is 1. The molecule has 4 nitrogen and oxygen atoms in total. The van der Waals surface area contributed by atoms with Crippen LogP contribution in [0.5, 0.6) is 0 Å². The number of methoxy groups -OCH3 is 1. The maximum absolute atomic E-state index is 5.66. The number of ether oxygens (including phenoxy) is 1. The first kappa shape index (κ1) is 15.1. The van der Waals surface area contributed by atoms with E-state index in [4.69, 9.17) is 4.74 Å². The number of rotatable bonds is 7. The lowest BCUT2D eigenvalue weighted by molar-refractivity contribution is -0.0293. The minimum atomic E-state index is -0.353. The monoisotopic (exact) mass is 251 g/mol. The molecule has 0 unspecified atom stereocenters. The Morgan fingerprint density at radius 3 is 2.50 bits per heavy atom. The van der Waals surface area contributed by atoms with E-state index in [1.165, 1.54) is 0 Å². The van der Waals surface area contributed by atoms with Gasteiger partial charge in [0.2, 0.25) is 0 Å². The summed E-state index contributed by atoms with van der Waals surface area (Å²) in [6.45, 7) is 9.23. The van der Waals surface area contributed by atoms with Gasteiger partial charge in [-0.15, -0.1) is 0 Å². The predicted molar refractivity (Wildman–Crippen MR) is 73.3 cm³/mol. The van der Waals surface area contributed by atoms with Gasteiger partial charge in [-0.3, -0.25) is 0 Å². The van der Waals surface area contributed by atoms with Crippen molar-refractivity contribution in [3.63, 3.8) is 0 Å². The lowest BCUT2D eigenvalue weighted by Crippen LogP contribution is -2.30. The molecule has 0 radical (unpaired) electrons. The Kier molecular flexibility index (Phi) is 5.69. The van der Waals surface area contributed by atoms with Gasteiger partial charge in [-0.1, -0.05) is 27.7 Å². The van der Waals surface area contributed by atoms with Gasteiger partial charge in [0.15, 0.2) is 5.82 Å². The zero-order chi connectivity index (χ0) is 13.6. The van der Waals surface area contributed by atoms with E-state index in [1.807, 2.05) is 12.3 Å². The lowest BCUT2D eigenvalue weighted by Gasteiger charge is -2.28. The zero-order valence-electron chi connectivity index (χ0n) is 12.2. The van der Waals surface area contributed by atoms with Crippen LogP contribution >= 0.6 is 0 Å². The zero-order valence-corrected chi connectivity index (χ0v) is 12.2. The van der Waals surface area contributed by atoms with Gasteiger partial charge < -0.3 is 10.1 Å². The third kappa shape index (κ3) is 3.50. The standard InChI is InChI=1S/C14H25N3O/c1-6-14(7-2,18-5)13-15-9-8-12(17-13)10-16-11(3)4/h8-9,11,16H,6-7,10H2,1-5H3. The molecule has 0 atom stereocenters. The van der Waals surface area contributed by atoms with E-state index >= 15 is 0 Å². The molecule has 102 valence electrons. The molecule has 0 fully saturated rings. The molecule has 0 aliphatic rings. The van der Waals surface area contributed by atoms with Gasteiger partial charge in [0.05, 0.1) is 5.69 Å². The molecule has 0 saturated carbocycles. The van der Waals surface area contributed by atoms with Gasteiger partial charge in [-0.05, 0) is 18.9 Å². The maximum atomic E-state index is 5.66. The van der Waals surface area contributed by atoms with E-state index in [-0.39, 0.29) is 5.60 Å². The first-order chi connectivity index (χ1) is 8.57. The van der Waals surface area contributed by atoms with E-state index in [2.05, 4.69) is 43.0 Å². The molecular formula is C14H25N3O. The van der Waals surface area contributed by atoms with Crippen LogP contribution in [0, 0.1) is 0 Å². The Hall–Kier alpha value is -1.00. The molecule has 1 aromatic heterocycles. The summed E-state index contributed by atoms with van der Waals surface area (Å²) in [5.41, 5.74) is 0.658. The van der Waals surface area contributed by atoms with Crippen LogP contribution in [0.25, 0.3) is 0 Å².